The lowest BCUT2D eigenvalue weighted by Gasteiger charge is -2.10. The second kappa shape index (κ2) is 11.1. The van der Waals surface area contributed by atoms with Gasteiger partial charge >= 0.3 is 12.4 Å². The maximum atomic E-state index is 12.0. The van der Waals surface area contributed by atoms with E-state index in [1.165, 1.54) is 19.2 Å². The third-order valence-corrected chi connectivity index (χ3v) is 3.54. The molecule has 0 heterocycles. The van der Waals surface area contributed by atoms with E-state index in [4.69, 9.17) is 23.2 Å². The van der Waals surface area contributed by atoms with Crippen molar-refractivity contribution in [3.05, 3.63) is 22.2 Å². The fourth-order valence-corrected chi connectivity index (χ4v) is 2.35. The monoisotopic (exact) mass is 404 g/mol. The standard InChI is InChI=1S/C9H8Cl2F3NS.C2H3F3.CH5N/c1-15-7-3-8(6(11)2-5(7)10)16-4-9(12,13)14;1-2(3,4)5;1-2/h2-3,15H,4H2,1H3;1H3;2H2,1H3. The van der Waals surface area contributed by atoms with E-state index in [1.807, 2.05) is 0 Å². The summed E-state index contributed by atoms with van der Waals surface area (Å²) in [6, 6.07) is 2.93. The molecule has 0 aliphatic heterocycles. The summed E-state index contributed by atoms with van der Waals surface area (Å²) in [5, 5.41) is 3.37. The highest BCUT2D eigenvalue weighted by molar-refractivity contribution is 7.99. The molecule has 1 rings (SSSR count). The van der Waals surface area contributed by atoms with Crippen LogP contribution in [0, 0.1) is 0 Å². The van der Waals surface area contributed by atoms with Crippen molar-refractivity contribution >= 4 is 40.7 Å². The van der Waals surface area contributed by atoms with E-state index in [9.17, 15) is 26.3 Å². The Hall–Kier alpha value is -0.510. The van der Waals surface area contributed by atoms with Gasteiger partial charge in [-0.1, -0.05) is 23.2 Å². The van der Waals surface area contributed by atoms with Crippen molar-refractivity contribution in [1.82, 2.24) is 0 Å². The summed E-state index contributed by atoms with van der Waals surface area (Å²) in [6.07, 6.45) is -8.21. The summed E-state index contributed by atoms with van der Waals surface area (Å²) in [6.45, 7) is 0.188. The molecule has 3 N–H and O–H groups in total. The molecule has 136 valence electrons. The lowest BCUT2D eigenvalue weighted by molar-refractivity contribution is -0.110. The first-order chi connectivity index (χ1) is 10.3. The molecule has 0 spiro atoms. The van der Waals surface area contributed by atoms with Gasteiger partial charge in [-0.15, -0.1) is 11.8 Å². The highest BCUT2D eigenvalue weighted by Gasteiger charge is 2.27. The number of hydrogen-bond acceptors (Lipinski definition) is 3. The van der Waals surface area contributed by atoms with Gasteiger partial charge in [0.2, 0.25) is 0 Å². The average Bonchev–Trinajstić information content (AvgIpc) is 2.37. The SMILES string of the molecule is CC(F)(F)F.CN.CNc1cc(SCC(F)(F)F)c(Cl)cc1Cl. The number of halogens is 8. The van der Waals surface area contributed by atoms with Gasteiger partial charge in [-0.05, 0) is 19.2 Å². The fraction of sp³-hybridized carbons (Fsp3) is 0.500. The average molecular weight is 405 g/mol. The van der Waals surface area contributed by atoms with E-state index in [1.54, 1.807) is 7.05 Å². The van der Waals surface area contributed by atoms with Gasteiger partial charge in [-0.3, -0.25) is 0 Å². The van der Waals surface area contributed by atoms with Crippen LogP contribution in [0.25, 0.3) is 0 Å². The predicted octanol–water partition coefficient (Wildman–Crippen LogP) is 5.83. The Labute approximate surface area is 144 Å². The number of benzene rings is 1. The maximum absolute atomic E-state index is 12.0. The van der Waals surface area contributed by atoms with Crippen molar-refractivity contribution in [2.75, 3.05) is 25.2 Å². The quantitative estimate of drug-likeness (QED) is 0.491. The van der Waals surface area contributed by atoms with Crippen molar-refractivity contribution in [2.45, 2.75) is 24.2 Å². The van der Waals surface area contributed by atoms with Crippen LogP contribution in [0.5, 0.6) is 0 Å². The number of anilines is 1. The number of hydrogen-bond donors (Lipinski definition) is 2. The number of alkyl halides is 6. The topological polar surface area (TPSA) is 38.0 Å². The van der Waals surface area contributed by atoms with E-state index in [2.05, 4.69) is 11.1 Å². The van der Waals surface area contributed by atoms with Crippen molar-refractivity contribution in [3.8, 4) is 0 Å². The molecule has 0 fully saturated rings. The summed E-state index contributed by atoms with van der Waals surface area (Å²) >= 11 is 12.2. The Morgan fingerprint density at radius 1 is 1.04 bits per heavy atom. The highest BCUT2D eigenvalue weighted by Crippen LogP contribution is 2.37. The molecule has 0 aliphatic rings. The minimum atomic E-state index is -4.21. The minimum Gasteiger partial charge on any atom is -0.387 e. The van der Waals surface area contributed by atoms with Gasteiger partial charge in [-0.25, -0.2) is 0 Å². The van der Waals surface area contributed by atoms with E-state index in [-0.39, 0.29) is 11.9 Å². The van der Waals surface area contributed by atoms with Crippen molar-refractivity contribution < 1.29 is 26.3 Å². The molecule has 0 bridgehead atoms. The molecule has 1 aromatic carbocycles. The van der Waals surface area contributed by atoms with Crippen LogP contribution < -0.4 is 11.1 Å². The summed E-state index contributed by atoms with van der Waals surface area (Å²) in [5.74, 6) is -0.975. The van der Waals surface area contributed by atoms with Gasteiger partial charge in [0.15, 0.2) is 0 Å². The molecular weight excluding hydrogens is 389 g/mol. The van der Waals surface area contributed by atoms with E-state index in [0.717, 1.165) is 0 Å². The van der Waals surface area contributed by atoms with Crippen LogP contribution in [0.2, 0.25) is 10.0 Å². The summed E-state index contributed by atoms with van der Waals surface area (Å²) in [4.78, 5) is 0.354. The van der Waals surface area contributed by atoms with Crippen molar-refractivity contribution in [1.29, 1.82) is 0 Å². The Kier molecular flexibility index (Phi) is 12.0. The van der Waals surface area contributed by atoms with Gasteiger partial charge in [-0.2, -0.15) is 26.3 Å². The van der Waals surface area contributed by atoms with Gasteiger partial charge < -0.3 is 11.1 Å². The first-order valence-corrected chi connectivity index (χ1v) is 7.58. The largest absolute Gasteiger partial charge is 0.398 e. The van der Waals surface area contributed by atoms with Crippen LogP contribution in [0.3, 0.4) is 0 Å². The normalized spacial score (nSPS) is 11.0. The van der Waals surface area contributed by atoms with Crippen LogP contribution in [0.4, 0.5) is 32.0 Å². The molecule has 0 aliphatic carbocycles. The molecule has 0 aromatic heterocycles. The number of rotatable bonds is 3. The second-order valence-corrected chi connectivity index (χ2v) is 5.53. The molecule has 23 heavy (non-hydrogen) atoms. The van der Waals surface area contributed by atoms with Crippen LogP contribution in [-0.4, -0.2) is 32.2 Å². The van der Waals surface area contributed by atoms with Crippen molar-refractivity contribution in [3.63, 3.8) is 0 Å². The lowest BCUT2D eigenvalue weighted by atomic mass is 10.3. The number of thioether (sulfide) groups is 1. The molecule has 11 heteroatoms. The zero-order chi connectivity index (χ0) is 18.8. The second-order valence-electron chi connectivity index (χ2n) is 3.70. The Bertz CT molecular complexity index is 460. The molecule has 0 radical (unpaired) electrons. The fourth-order valence-electron chi connectivity index (χ4n) is 0.991. The zero-order valence-corrected chi connectivity index (χ0v) is 14.7. The molecule has 0 amide bonds. The third-order valence-electron chi connectivity index (χ3n) is 1.68. The smallest absolute Gasteiger partial charge is 0.387 e. The Morgan fingerprint density at radius 2 is 1.48 bits per heavy atom. The highest BCUT2D eigenvalue weighted by atomic mass is 35.5. The van der Waals surface area contributed by atoms with E-state index in [0.29, 0.717) is 27.4 Å². The molecule has 2 nitrogen and oxygen atoms in total. The van der Waals surface area contributed by atoms with Gasteiger partial charge in [0.1, 0.15) is 0 Å². The molecular formula is C12H16Cl2F6N2S. The number of nitrogens with two attached hydrogens (primary N) is 1. The van der Waals surface area contributed by atoms with Crippen molar-refractivity contribution in [2.24, 2.45) is 5.73 Å². The Morgan fingerprint density at radius 3 is 1.83 bits per heavy atom. The van der Waals surface area contributed by atoms with Crippen LogP contribution in [-0.2, 0) is 0 Å². The van der Waals surface area contributed by atoms with Gasteiger partial charge in [0.05, 0.1) is 21.5 Å². The minimum absolute atomic E-state index is 0.188. The van der Waals surface area contributed by atoms with Crippen LogP contribution in [0.15, 0.2) is 17.0 Å². The van der Waals surface area contributed by atoms with Gasteiger partial charge in [0.25, 0.3) is 0 Å². The zero-order valence-electron chi connectivity index (χ0n) is 12.4. The summed E-state index contributed by atoms with van der Waals surface area (Å²) in [7, 11) is 3.13. The Balaban J connectivity index is 0. The summed E-state index contributed by atoms with van der Waals surface area (Å²) in [5.41, 5.74) is 5.05. The van der Waals surface area contributed by atoms with Crippen LogP contribution in [0.1, 0.15) is 6.92 Å². The molecule has 0 saturated carbocycles. The van der Waals surface area contributed by atoms with E-state index < -0.39 is 18.1 Å². The molecule has 0 unspecified atom stereocenters. The van der Waals surface area contributed by atoms with Crippen LogP contribution >= 0.6 is 35.0 Å². The van der Waals surface area contributed by atoms with E-state index >= 15 is 0 Å². The molecule has 0 saturated heterocycles. The number of nitrogens with one attached hydrogen (secondary N) is 1. The predicted molar refractivity (Wildman–Crippen MR) is 84.6 cm³/mol. The first kappa shape index (κ1) is 24.7. The molecule has 0 atom stereocenters. The molecule has 1 aromatic rings. The van der Waals surface area contributed by atoms with Gasteiger partial charge in [0, 0.05) is 18.9 Å². The third kappa shape index (κ3) is 14.8. The lowest BCUT2D eigenvalue weighted by Crippen LogP contribution is -2.10. The summed E-state index contributed by atoms with van der Waals surface area (Å²) < 4.78 is 67.1. The maximum Gasteiger partial charge on any atom is 0.398 e. The first-order valence-electron chi connectivity index (χ1n) is 5.84.